The van der Waals surface area contributed by atoms with Crippen LogP contribution in [0.3, 0.4) is 0 Å². The molecule has 1 fully saturated rings. The van der Waals surface area contributed by atoms with E-state index >= 15 is 0 Å². The molecule has 0 radical (unpaired) electrons. The summed E-state index contributed by atoms with van der Waals surface area (Å²) in [6.07, 6.45) is 3.29. The van der Waals surface area contributed by atoms with Crippen LogP contribution < -0.4 is 26.7 Å². The van der Waals surface area contributed by atoms with E-state index in [1.807, 2.05) is 0 Å². The number of anilines is 2. The van der Waals surface area contributed by atoms with Crippen LogP contribution in [0.25, 0.3) is 0 Å². The summed E-state index contributed by atoms with van der Waals surface area (Å²) in [6.45, 7) is 1.72. The molecule has 0 spiro atoms. The van der Waals surface area contributed by atoms with E-state index < -0.39 is 27.4 Å². The number of carbonyl (C=O) groups excluding carboxylic acids is 1. The third kappa shape index (κ3) is 5.67. The Morgan fingerprint density at radius 1 is 1.45 bits per heavy atom. The second-order valence-electron chi connectivity index (χ2n) is 6.55. The third-order valence-corrected chi connectivity index (χ3v) is 6.67. The lowest BCUT2D eigenvalue weighted by Crippen LogP contribution is -2.23. The van der Waals surface area contributed by atoms with Gasteiger partial charge in [-0.05, 0) is 25.6 Å². The molecule has 12 nitrogen and oxygen atoms in total. The smallest absolute Gasteiger partial charge is 0.381 e. The van der Waals surface area contributed by atoms with Crippen molar-refractivity contribution in [2.75, 3.05) is 29.2 Å². The van der Waals surface area contributed by atoms with Crippen LogP contribution in [0, 0.1) is 0 Å². The van der Waals surface area contributed by atoms with E-state index in [2.05, 4.69) is 25.8 Å². The molecule has 0 aromatic carbocycles. The fourth-order valence-corrected chi connectivity index (χ4v) is 5.16. The Kier molecular flexibility index (Phi) is 6.70. The van der Waals surface area contributed by atoms with Crippen molar-refractivity contribution >= 4 is 48.7 Å². The first-order valence-electron chi connectivity index (χ1n) is 8.98. The van der Waals surface area contributed by atoms with Gasteiger partial charge in [0.15, 0.2) is 15.6 Å². The van der Waals surface area contributed by atoms with Gasteiger partial charge in [-0.1, -0.05) is 11.3 Å². The van der Waals surface area contributed by atoms with Crippen molar-refractivity contribution in [3.05, 3.63) is 34.5 Å². The molecule has 31 heavy (non-hydrogen) atoms. The molecular formula is C17H20N6O6S2. The van der Waals surface area contributed by atoms with Gasteiger partial charge >= 0.3 is 5.63 Å². The highest BCUT2D eigenvalue weighted by atomic mass is 32.2. The van der Waals surface area contributed by atoms with E-state index in [0.29, 0.717) is 17.3 Å². The van der Waals surface area contributed by atoms with Crippen LogP contribution in [0.1, 0.15) is 23.9 Å². The number of hydrogen-bond donors (Lipinski definition) is 3. The lowest BCUT2D eigenvalue weighted by molar-refractivity contribution is 0.0991. The topological polar surface area (TPSA) is 179 Å². The Morgan fingerprint density at radius 2 is 2.23 bits per heavy atom. The zero-order chi connectivity index (χ0) is 22.6. The number of sulfone groups is 1. The number of nitrogens with zero attached hydrogens (tertiary/aromatic N) is 3. The molecule has 14 heteroatoms. The maximum absolute atomic E-state index is 12.6. The summed E-state index contributed by atoms with van der Waals surface area (Å²) < 4.78 is 33.5. The number of ether oxygens (including phenoxy) is 1. The largest absolute Gasteiger partial charge is 0.488 e. The van der Waals surface area contributed by atoms with E-state index in [9.17, 15) is 18.0 Å². The van der Waals surface area contributed by atoms with Crippen molar-refractivity contribution in [3.8, 4) is 5.75 Å². The Hall–Kier alpha value is -3.26. The second-order valence-corrected chi connectivity index (χ2v) is 9.73. The van der Waals surface area contributed by atoms with Gasteiger partial charge in [0.05, 0.1) is 24.3 Å². The lowest BCUT2D eigenvalue weighted by atomic mass is 10.2. The first-order valence-corrected chi connectivity index (χ1v) is 11.6. The second kappa shape index (κ2) is 9.26. The van der Waals surface area contributed by atoms with Gasteiger partial charge in [0.25, 0.3) is 5.91 Å². The molecule has 0 aliphatic carbocycles. The van der Waals surface area contributed by atoms with E-state index in [1.165, 1.54) is 19.4 Å². The molecule has 4 N–H and O–H groups in total. The maximum atomic E-state index is 12.6. The van der Waals surface area contributed by atoms with Crippen LogP contribution in [0.4, 0.5) is 16.0 Å². The highest BCUT2D eigenvalue weighted by Gasteiger charge is 2.29. The molecule has 1 amide bonds. The average Bonchev–Trinajstić information content (AvgIpc) is 3.26. The van der Waals surface area contributed by atoms with Crippen molar-refractivity contribution in [1.29, 1.82) is 0 Å². The molecule has 2 aromatic heterocycles. The number of nitrogens with one attached hydrogen (secondary N) is 2. The van der Waals surface area contributed by atoms with E-state index in [4.69, 9.17) is 14.9 Å². The Labute approximate surface area is 181 Å². The zero-order valence-corrected chi connectivity index (χ0v) is 18.2. The summed E-state index contributed by atoms with van der Waals surface area (Å²) >= 11 is 1.01. The molecule has 3 rings (SSSR count). The van der Waals surface area contributed by atoms with E-state index in [-0.39, 0.29) is 33.8 Å². The number of rotatable bonds is 7. The average molecular weight is 469 g/mol. The molecule has 1 aliphatic heterocycles. The molecule has 166 valence electrons. The number of carbonyl (C=O) groups is 1. The van der Waals surface area contributed by atoms with Crippen LogP contribution in [-0.4, -0.2) is 54.9 Å². The molecule has 0 unspecified atom stereocenters. The Bertz CT molecular complexity index is 1200. The minimum absolute atomic E-state index is 0.0458. The number of methoxy groups -OCH3 is 1. The minimum Gasteiger partial charge on any atom is -0.488 e. The highest BCUT2D eigenvalue weighted by molar-refractivity contribution is 7.91. The molecular weight excluding hydrogens is 448 g/mol. The molecule has 1 aliphatic rings. The quantitative estimate of drug-likeness (QED) is 0.495. The Balaban J connectivity index is 1.80. The summed E-state index contributed by atoms with van der Waals surface area (Å²) in [7, 11) is -1.87. The number of amides is 1. The lowest BCUT2D eigenvalue weighted by Gasteiger charge is -2.15. The fourth-order valence-electron chi connectivity index (χ4n) is 2.82. The van der Waals surface area contributed by atoms with Gasteiger partial charge in [-0.3, -0.25) is 10.1 Å². The summed E-state index contributed by atoms with van der Waals surface area (Å²) in [6, 6.07) is 0.863. The molecule has 1 saturated heterocycles. The number of allylic oxidation sites excluding steroid dienone is 1. The van der Waals surface area contributed by atoms with Crippen LogP contribution in [0.2, 0.25) is 0 Å². The van der Waals surface area contributed by atoms with Gasteiger partial charge < -0.3 is 20.2 Å². The maximum Gasteiger partial charge on any atom is 0.381 e. The van der Waals surface area contributed by atoms with Crippen LogP contribution in [-0.2, 0) is 9.84 Å². The number of aromatic nitrogens is 2. The van der Waals surface area contributed by atoms with E-state index in [1.54, 1.807) is 13.0 Å². The van der Waals surface area contributed by atoms with Gasteiger partial charge in [0.1, 0.15) is 0 Å². The fraction of sp³-hybridized carbons (Fsp3) is 0.353. The molecule has 3 heterocycles. The first-order chi connectivity index (χ1) is 14.7. The summed E-state index contributed by atoms with van der Waals surface area (Å²) in [5, 5.41) is 13.5. The van der Waals surface area contributed by atoms with Gasteiger partial charge in [0.2, 0.25) is 16.0 Å². The predicted octanol–water partition coefficient (Wildman–Crippen LogP) is 0.916. The number of hydrogen-bond acceptors (Lipinski definition) is 12. The summed E-state index contributed by atoms with van der Waals surface area (Å²) in [5.74, 6) is -1.24. The standard InChI is InChI=1S/C17H20N6O6S2/c1-9(3-5-18)19-16-22-23-17(30-16)21-14(24)12-7-11(13(28-2)15(25)29-12)20-10-4-6-31(26,27)8-10/h3,5,7,10,20H,4,6,8,18H2,1-2H3,(H,21,23,24)/b5-3-,19-9+/t10-/m1/s1. The zero-order valence-electron chi connectivity index (χ0n) is 16.6. The van der Waals surface area contributed by atoms with Gasteiger partial charge in [-0.2, -0.15) is 0 Å². The van der Waals surface area contributed by atoms with Crippen LogP contribution >= 0.6 is 11.3 Å². The number of aliphatic imine (C=N–C) groups is 1. The summed E-state index contributed by atoms with van der Waals surface area (Å²) in [5.41, 5.74) is 5.18. The van der Waals surface area contributed by atoms with Gasteiger partial charge in [0, 0.05) is 17.8 Å². The summed E-state index contributed by atoms with van der Waals surface area (Å²) in [4.78, 5) is 29.0. The van der Waals surface area contributed by atoms with Crippen LogP contribution in [0.5, 0.6) is 5.75 Å². The van der Waals surface area contributed by atoms with Crippen molar-refractivity contribution in [1.82, 2.24) is 10.2 Å². The van der Waals surface area contributed by atoms with Crippen molar-refractivity contribution in [2.24, 2.45) is 10.7 Å². The minimum atomic E-state index is -3.14. The highest BCUT2D eigenvalue weighted by Crippen LogP contribution is 2.27. The van der Waals surface area contributed by atoms with Gasteiger partial charge in [-0.15, -0.1) is 10.2 Å². The third-order valence-electron chi connectivity index (χ3n) is 4.17. The normalized spacial score (nSPS) is 18.3. The molecule has 1 atom stereocenters. The van der Waals surface area contributed by atoms with Crippen molar-refractivity contribution in [2.45, 2.75) is 19.4 Å². The van der Waals surface area contributed by atoms with Crippen LogP contribution in [0.15, 0.2) is 32.5 Å². The molecule has 0 saturated carbocycles. The monoisotopic (exact) mass is 468 g/mol. The first kappa shape index (κ1) is 22.4. The SMILES string of the molecule is COc1c(N[C@@H]2CCS(=O)(=O)C2)cc(C(=O)Nc2nnc(/N=C(C)/C=C\N)s2)oc1=O. The van der Waals surface area contributed by atoms with Crippen molar-refractivity contribution < 1.29 is 22.4 Å². The van der Waals surface area contributed by atoms with E-state index in [0.717, 1.165) is 11.3 Å². The molecule has 0 bridgehead atoms. The Morgan fingerprint density at radius 3 is 2.87 bits per heavy atom. The van der Waals surface area contributed by atoms with Gasteiger partial charge in [-0.25, -0.2) is 18.2 Å². The number of nitrogens with two attached hydrogens (primary N) is 1. The molecule has 2 aromatic rings. The van der Waals surface area contributed by atoms with Crippen molar-refractivity contribution in [3.63, 3.8) is 0 Å². The predicted molar refractivity (Wildman–Crippen MR) is 116 cm³/mol.